The molecule has 1 aromatic rings. The summed E-state index contributed by atoms with van der Waals surface area (Å²) >= 11 is 0. The van der Waals surface area contributed by atoms with Gasteiger partial charge < -0.3 is 19.1 Å². The first-order valence-electron chi connectivity index (χ1n) is 6.29. The molecule has 0 N–H and O–H groups in total. The van der Waals surface area contributed by atoms with E-state index in [0.29, 0.717) is 38.5 Å². The summed E-state index contributed by atoms with van der Waals surface area (Å²) in [6.45, 7) is 4.19. The van der Waals surface area contributed by atoms with Crippen molar-refractivity contribution in [1.82, 2.24) is 15.0 Å². The molecule has 0 unspecified atom stereocenters. The maximum absolute atomic E-state index is 12.0. The van der Waals surface area contributed by atoms with Crippen molar-refractivity contribution in [2.24, 2.45) is 0 Å². The Balaban J connectivity index is 1.79. The van der Waals surface area contributed by atoms with E-state index < -0.39 is 0 Å². The molecule has 1 aromatic heterocycles. The number of hydrogen-bond donors (Lipinski definition) is 0. The average molecular weight is 267 g/mol. The summed E-state index contributed by atoms with van der Waals surface area (Å²) in [5.74, 6) is -0.00240. The number of carbonyl (C=O) groups is 2. The fourth-order valence-electron chi connectivity index (χ4n) is 1.95. The van der Waals surface area contributed by atoms with E-state index in [0.717, 1.165) is 0 Å². The molecular formula is C12H17N3O4. The number of amides is 2. The summed E-state index contributed by atoms with van der Waals surface area (Å²) in [6, 6.07) is 1.67. The SMILES string of the molecule is CCOC(=O)N1CCN(C(=O)Cc2ccon2)CC1. The van der Waals surface area contributed by atoms with Crippen LogP contribution in [0.25, 0.3) is 0 Å². The van der Waals surface area contributed by atoms with Crippen LogP contribution < -0.4 is 0 Å². The number of piperazine rings is 1. The van der Waals surface area contributed by atoms with E-state index in [4.69, 9.17) is 4.74 Å². The number of nitrogens with zero attached hydrogens (tertiary/aromatic N) is 3. The van der Waals surface area contributed by atoms with Crippen molar-refractivity contribution in [2.75, 3.05) is 32.8 Å². The largest absolute Gasteiger partial charge is 0.450 e. The number of hydrogen-bond acceptors (Lipinski definition) is 5. The molecule has 104 valence electrons. The molecule has 2 rings (SSSR count). The van der Waals surface area contributed by atoms with Crippen molar-refractivity contribution in [3.8, 4) is 0 Å². The molecule has 0 spiro atoms. The lowest BCUT2D eigenvalue weighted by Gasteiger charge is -2.33. The Labute approximate surface area is 111 Å². The van der Waals surface area contributed by atoms with E-state index in [9.17, 15) is 9.59 Å². The first kappa shape index (κ1) is 13.4. The number of carbonyl (C=O) groups excluding carboxylic acids is 2. The Morgan fingerprint density at radius 2 is 2.00 bits per heavy atom. The molecule has 7 heteroatoms. The van der Waals surface area contributed by atoms with Gasteiger partial charge in [0, 0.05) is 32.2 Å². The van der Waals surface area contributed by atoms with Crippen LogP contribution in [-0.4, -0.2) is 59.7 Å². The van der Waals surface area contributed by atoms with Gasteiger partial charge in [-0.1, -0.05) is 5.16 Å². The lowest BCUT2D eigenvalue weighted by Crippen LogP contribution is -2.51. The lowest BCUT2D eigenvalue weighted by molar-refractivity contribution is -0.132. The Morgan fingerprint density at radius 3 is 2.58 bits per heavy atom. The van der Waals surface area contributed by atoms with Crippen molar-refractivity contribution < 1.29 is 18.8 Å². The molecule has 0 aliphatic carbocycles. The molecule has 1 saturated heterocycles. The average Bonchev–Trinajstić information content (AvgIpc) is 2.92. The van der Waals surface area contributed by atoms with Crippen molar-refractivity contribution in [3.63, 3.8) is 0 Å². The summed E-state index contributed by atoms with van der Waals surface area (Å²) in [4.78, 5) is 26.8. The van der Waals surface area contributed by atoms with Crippen LogP contribution in [0.4, 0.5) is 4.79 Å². The minimum absolute atomic E-state index is 0.00240. The highest BCUT2D eigenvalue weighted by Crippen LogP contribution is 2.07. The minimum atomic E-state index is -0.314. The lowest BCUT2D eigenvalue weighted by atomic mass is 10.2. The van der Waals surface area contributed by atoms with Crippen LogP contribution in [0.1, 0.15) is 12.6 Å². The van der Waals surface area contributed by atoms with Gasteiger partial charge in [-0.25, -0.2) is 4.79 Å². The van der Waals surface area contributed by atoms with Crippen molar-refractivity contribution in [3.05, 3.63) is 18.0 Å². The topological polar surface area (TPSA) is 75.9 Å². The maximum Gasteiger partial charge on any atom is 0.409 e. The van der Waals surface area contributed by atoms with Crippen molar-refractivity contribution in [2.45, 2.75) is 13.3 Å². The van der Waals surface area contributed by atoms with E-state index >= 15 is 0 Å². The zero-order valence-electron chi connectivity index (χ0n) is 10.9. The van der Waals surface area contributed by atoms with Crippen molar-refractivity contribution in [1.29, 1.82) is 0 Å². The molecule has 0 radical (unpaired) electrons. The third-order valence-corrected chi connectivity index (χ3v) is 2.98. The second kappa shape index (κ2) is 6.21. The Kier molecular flexibility index (Phi) is 4.38. The van der Waals surface area contributed by atoms with E-state index in [1.807, 2.05) is 0 Å². The first-order valence-corrected chi connectivity index (χ1v) is 6.29. The van der Waals surface area contributed by atoms with Gasteiger partial charge in [-0.3, -0.25) is 4.79 Å². The predicted molar refractivity (Wildman–Crippen MR) is 65.4 cm³/mol. The van der Waals surface area contributed by atoms with Gasteiger partial charge >= 0.3 is 6.09 Å². The number of rotatable bonds is 3. The van der Waals surface area contributed by atoms with Gasteiger partial charge in [0.15, 0.2) is 0 Å². The molecule has 1 aliphatic heterocycles. The predicted octanol–water partition coefficient (Wildman–Crippen LogP) is 0.518. The van der Waals surface area contributed by atoms with Crippen LogP contribution >= 0.6 is 0 Å². The molecule has 19 heavy (non-hydrogen) atoms. The molecule has 2 heterocycles. The molecule has 0 aromatic carbocycles. The Morgan fingerprint density at radius 1 is 1.32 bits per heavy atom. The van der Waals surface area contributed by atoms with E-state index in [-0.39, 0.29) is 18.4 Å². The van der Waals surface area contributed by atoms with Crippen LogP contribution in [0.5, 0.6) is 0 Å². The second-order valence-corrected chi connectivity index (χ2v) is 4.23. The van der Waals surface area contributed by atoms with E-state index in [2.05, 4.69) is 9.68 Å². The molecule has 0 saturated carbocycles. The summed E-state index contributed by atoms with van der Waals surface area (Å²) in [5.41, 5.74) is 0.623. The van der Waals surface area contributed by atoms with Gasteiger partial charge in [-0.15, -0.1) is 0 Å². The van der Waals surface area contributed by atoms with Crippen LogP contribution in [0.3, 0.4) is 0 Å². The van der Waals surface area contributed by atoms with Gasteiger partial charge in [0.1, 0.15) is 6.26 Å². The van der Waals surface area contributed by atoms with E-state index in [1.165, 1.54) is 6.26 Å². The van der Waals surface area contributed by atoms with Crippen molar-refractivity contribution >= 4 is 12.0 Å². The maximum atomic E-state index is 12.0. The minimum Gasteiger partial charge on any atom is -0.450 e. The number of ether oxygens (including phenoxy) is 1. The summed E-state index contributed by atoms with van der Waals surface area (Å²) in [5, 5.41) is 3.71. The van der Waals surface area contributed by atoms with Gasteiger partial charge in [-0.05, 0) is 6.92 Å². The quantitative estimate of drug-likeness (QED) is 0.798. The van der Waals surface area contributed by atoms with Crippen LogP contribution in [0.2, 0.25) is 0 Å². The monoisotopic (exact) mass is 267 g/mol. The third-order valence-electron chi connectivity index (χ3n) is 2.98. The smallest absolute Gasteiger partial charge is 0.409 e. The van der Waals surface area contributed by atoms with Gasteiger partial charge in [-0.2, -0.15) is 0 Å². The highest BCUT2D eigenvalue weighted by atomic mass is 16.6. The summed E-state index contributed by atoms with van der Waals surface area (Å²) < 4.78 is 9.61. The zero-order valence-corrected chi connectivity index (χ0v) is 10.9. The fraction of sp³-hybridized carbons (Fsp3) is 0.583. The standard InChI is InChI=1S/C12H17N3O4/c1-2-18-12(17)15-6-4-14(5-7-15)11(16)9-10-3-8-19-13-10/h3,8H,2,4-7,9H2,1H3. The van der Waals surface area contributed by atoms with Gasteiger partial charge in [0.2, 0.25) is 5.91 Å². The summed E-state index contributed by atoms with van der Waals surface area (Å²) in [6.07, 6.45) is 1.36. The molecule has 1 fully saturated rings. The molecule has 1 aliphatic rings. The Hall–Kier alpha value is -2.05. The van der Waals surface area contributed by atoms with Gasteiger partial charge in [0.25, 0.3) is 0 Å². The molecule has 7 nitrogen and oxygen atoms in total. The summed E-state index contributed by atoms with van der Waals surface area (Å²) in [7, 11) is 0. The highest BCUT2D eigenvalue weighted by molar-refractivity contribution is 5.78. The Bertz CT molecular complexity index is 424. The normalized spacial score (nSPS) is 15.4. The van der Waals surface area contributed by atoms with E-state index in [1.54, 1.807) is 22.8 Å². The molecule has 0 bridgehead atoms. The number of aromatic nitrogens is 1. The van der Waals surface area contributed by atoms with Gasteiger partial charge in [0.05, 0.1) is 18.7 Å². The zero-order chi connectivity index (χ0) is 13.7. The van der Waals surface area contributed by atoms with Crippen LogP contribution in [0.15, 0.2) is 16.9 Å². The fourth-order valence-corrected chi connectivity index (χ4v) is 1.95. The third kappa shape index (κ3) is 3.46. The highest BCUT2D eigenvalue weighted by Gasteiger charge is 2.25. The first-order chi connectivity index (χ1) is 9.20. The molecular weight excluding hydrogens is 250 g/mol. The molecule has 0 atom stereocenters. The van der Waals surface area contributed by atoms with Crippen LogP contribution in [-0.2, 0) is 16.0 Å². The van der Waals surface area contributed by atoms with Crippen LogP contribution in [0, 0.1) is 0 Å². The second-order valence-electron chi connectivity index (χ2n) is 4.23. The molecule has 2 amide bonds.